The van der Waals surface area contributed by atoms with E-state index in [0.29, 0.717) is 71.3 Å². The minimum absolute atomic E-state index is 0.00627. The SMILES string of the molecule is CCCCCCCOC(=O)CCCCC(=O)OCC(COC(=O)CCCCC(=O)OCCCCCCC)(COC(=O)CCCCC(=O)OCCCCCCC)COC(=O)CCCN(CC)CC. The molecule has 0 N–H and O–H groups in total. The Bertz CT molecular complexity index is 1180. The van der Waals surface area contributed by atoms with Crippen molar-refractivity contribution in [1.82, 2.24) is 4.90 Å². The quantitative estimate of drug-likeness (QED) is 0.0318. The maximum absolute atomic E-state index is 13.1. The molecule has 0 spiro atoms. The van der Waals surface area contributed by atoms with Crippen molar-refractivity contribution in [2.24, 2.45) is 5.41 Å². The first-order chi connectivity index (χ1) is 32.4. The first-order valence-electron chi connectivity index (χ1n) is 26.3. The van der Waals surface area contributed by atoms with Crippen LogP contribution in [-0.2, 0) is 66.7 Å². The Labute approximate surface area is 404 Å². The van der Waals surface area contributed by atoms with E-state index in [4.69, 9.17) is 33.2 Å². The molecule has 15 nitrogen and oxygen atoms in total. The van der Waals surface area contributed by atoms with Crippen molar-refractivity contribution >= 4 is 41.8 Å². The molecule has 0 heterocycles. The molecular formula is C52H93NO14. The number of esters is 7. The minimum atomic E-state index is -1.45. The standard InChI is InChI=1S/C52H93NO14/c1-6-11-14-17-26-38-61-45(54)30-20-23-33-48(57)64-41-52(44-67-51(60)36-29-37-53(9-4)10-5,42-65-49(58)34-24-21-31-46(55)62-39-27-18-15-12-7-2)43-66-50(59)35-25-22-32-47(56)63-40-28-19-16-13-8-3/h6-44H2,1-5H3. The summed E-state index contributed by atoms with van der Waals surface area (Å²) in [5.74, 6) is -3.20. The average molecular weight is 956 g/mol. The lowest BCUT2D eigenvalue weighted by molar-refractivity contribution is -0.171. The van der Waals surface area contributed by atoms with Crippen LogP contribution < -0.4 is 0 Å². The van der Waals surface area contributed by atoms with Crippen molar-refractivity contribution in [3.8, 4) is 0 Å². The molecule has 0 fully saturated rings. The average Bonchev–Trinajstić information content (AvgIpc) is 3.32. The first-order valence-corrected chi connectivity index (χ1v) is 26.3. The summed E-state index contributed by atoms with van der Waals surface area (Å²) < 4.78 is 38.8. The number of rotatable bonds is 47. The van der Waals surface area contributed by atoms with Gasteiger partial charge in [0.15, 0.2) is 0 Å². The van der Waals surface area contributed by atoms with Crippen LogP contribution in [0.1, 0.15) is 221 Å². The summed E-state index contributed by atoms with van der Waals surface area (Å²) >= 11 is 0. The van der Waals surface area contributed by atoms with E-state index >= 15 is 0 Å². The molecular weight excluding hydrogens is 863 g/mol. The monoisotopic (exact) mass is 956 g/mol. The van der Waals surface area contributed by atoms with Gasteiger partial charge >= 0.3 is 41.8 Å². The van der Waals surface area contributed by atoms with Gasteiger partial charge in [-0.25, -0.2) is 0 Å². The largest absolute Gasteiger partial charge is 0.466 e. The van der Waals surface area contributed by atoms with Crippen molar-refractivity contribution < 1.29 is 66.7 Å². The maximum atomic E-state index is 13.1. The molecule has 0 amide bonds. The molecule has 0 aromatic carbocycles. The van der Waals surface area contributed by atoms with Gasteiger partial charge in [-0.1, -0.05) is 112 Å². The molecule has 0 aliphatic carbocycles. The smallest absolute Gasteiger partial charge is 0.305 e. The summed E-state index contributed by atoms with van der Waals surface area (Å²) in [6, 6.07) is 0. The molecule has 390 valence electrons. The molecule has 0 atom stereocenters. The molecule has 15 heteroatoms. The van der Waals surface area contributed by atoms with Gasteiger partial charge in [-0.2, -0.15) is 0 Å². The van der Waals surface area contributed by atoms with Crippen LogP contribution in [-0.4, -0.2) is 113 Å². The second-order valence-corrected chi connectivity index (χ2v) is 17.8. The van der Waals surface area contributed by atoms with Gasteiger partial charge in [-0.05, 0) is 83.8 Å². The van der Waals surface area contributed by atoms with Crippen molar-refractivity contribution in [3.05, 3.63) is 0 Å². The Balaban J connectivity index is 5.65. The number of ether oxygens (including phenoxy) is 7. The Morgan fingerprint density at radius 3 is 0.791 bits per heavy atom. The molecule has 67 heavy (non-hydrogen) atoms. The van der Waals surface area contributed by atoms with Crippen LogP contribution in [0.4, 0.5) is 0 Å². The van der Waals surface area contributed by atoms with Gasteiger partial charge in [0.25, 0.3) is 0 Å². The Hall–Kier alpha value is -3.75. The lowest BCUT2D eigenvalue weighted by atomic mass is 9.92. The Kier molecular flexibility index (Phi) is 42.2. The van der Waals surface area contributed by atoms with Crippen molar-refractivity contribution in [2.75, 3.05) is 65.9 Å². The maximum Gasteiger partial charge on any atom is 0.305 e. The normalized spacial score (nSPS) is 11.3. The van der Waals surface area contributed by atoms with Gasteiger partial charge in [0.1, 0.15) is 31.8 Å². The van der Waals surface area contributed by atoms with Crippen LogP contribution in [0.5, 0.6) is 0 Å². The number of carbonyl (C=O) groups excluding carboxylic acids is 7. The number of unbranched alkanes of at least 4 members (excludes halogenated alkanes) is 15. The zero-order chi connectivity index (χ0) is 49.6. The van der Waals surface area contributed by atoms with Crippen LogP contribution in [0.25, 0.3) is 0 Å². The highest BCUT2D eigenvalue weighted by molar-refractivity contribution is 5.72. The fourth-order valence-electron chi connectivity index (χ4n) is 6.97. The van der Waals surface area contributed by atoms with E-state index in [2.05, 4.69) is 25.7 Å². The van der Waals surface area contributed by atoms with Crippen LogP contribution in [0, 0.1) is 5.41 Å². The highest BCUT2D eigenvalue weighted by atomic mass is 16.6. The molecule has 0 saturated carbocycles. The van der Waals surface area contributed by atoms with Gasteiger partial charge in [-0.3, -0.25) is 33.6 Å². The third-order valence-corrected chi connectivity index (χ3v) is 11.5. The molecule has 0 aliphatic heterocycles. The topological polar surface area (TPSA) is 187 Å². The summed E-state index contributed by atoms with van der Waals surface area (Å²) in [4.78, 5) is 91.1. The van der Waals surface area contributed by atoms with Crippen LogP contribution in [0.3, 0.4) is 0 Å². The fourth-order valence-corrected chi connectivity index (χ4v) is 6.97. The van der Waals surface area contributed by atoms with Gasteiger partial charge < -0.3 is 38.1 Å². The molecule has 0 radical (unpaired) electrons. The fraction of sp³-hybridized carbons (Fsp3) is 0.865. The van der Waals surface area contributed by atoms with E-state index in [1.54, 1.807) is 0 Å². The predicted octanol–water partition coefficient (Wildman–Crippen LogP) is 10.5. The van der Waals surface area contributed by atoms with Gasteiger partial charge in [0, 0.05) is 44.9 Å². The van der Waals surface area contributed by atoms with E-state index in [0.717, 1.165) is 109 Å². The van der Waals surface area contributed by atoms with Crippen LogP contribution in [0.15, 0.2) is 0 Å². The molecule has 0 saturated heterocycles. The van der Waals surface area contributed by atoms with E-state index < -0.39 is 49.1 Å². The van der Waals surface area contributed by atoms with Crippen molar-refractivity contribution in [2.45, 2.75) is 221 Å². The summed E-state index contributed by atoms with van der Waals surface area (Å²) in [5, 5.41) is 0. The summed E-state index contributed by atoms with van der Waals surface area (Å²) in [6.45, 7) is 12.5. The second-order valence-electron chi connectivity index (χ2n) is 17.8. The van der Waals surface area contributed by atoms with Crippen molar-refractivity contribution in [1.29, 1.82) is 0 Å². The number of nitrogens with zero attached hydrogens (tertiary/aromatic N) is 1. The van der Waals surface area contributed by atoms with Crippen molar-refractivity contribution in [3.63, 3.8) is 0 Å². The predicted molar refractivity (Wildman–Crippen MR) is 258 cm³/mol. The lowest BCUT2D eigenvalue weighted by Crippen LogP contribution is -2.44. The van der Waals surface area contributed by atoms with E-state index in [1.165, 1.54) is 0 Å². The minimum Gasteiger partial charge on any atom is -0.466 e. The molecule has 0 aromatic heterocycles. The van der Waals surface area contributed by atoms with E-state index in [1.807, 2.05) is 13.8 Å². The highest BCUT2D eigenvalue weighted by Crippen LogP contribution is 2.24. The molecule has 0 unspecified atom stereocenters. The summed E-state index contributed by atoms with van der Waals surface area (Å²) in [6.07, 6.45) is 19.2. The van der Waals surface area contributed by atoms with Gasteiger partial charge in [0.2, 0.25) is 0 Å². The Morgan fingerprint density at radius 1 is 0.299 bits per heavy atom. The zero-order valence-electron chi connectivity index (χ0n) is 42.7. The summed E-state index contributed by atoms with van der Waals surface area (Å²) in [5.41, 5.74) is -1.45. The lowest BCUT2D eigenvalue weighted by Gasteiger charge is -2.31. The Morgan fingerprint density at radius 2 is 0.537 bits per heavy atom. The molecule has 0 aliphatic rings. The molecule has 0 bridgehead atoms. The first kappa shape index (κ1) is 63.2. The third-order valence-electron chi connectivity index (χ3n) is 11.5. The number of hydrogen-bond donors (Lipinski definition) is 0. The highest BCUT2D eigenvalue weighted by Gasteiger charge is 2.38. The van der Waals surface area contributed by atoms with Gasteiger partial charge in [-0.15, -0.1) is 0 Å². The zero-order valence-corrected chi connectivity index (χ0v) is 42.7. The third kappa shape index (κ3) is 39.9. The second kappa shape index (κ2) is 44.7. The van der Waals surface area contributed by atoms with Crippen LogP contribution >= 0.6 is 0 Å². The molecule has 0 rings (SSSR count). The molecule has 0 aromatic rings. The van der Waals surface area contributed by atoms with E-state index in [-0.39, 0.29) is 69.5 Å². The van der Waals surface area contributed by atoms with Gasteiger partial charge in [0.05, 0.1) is 19.8 Å². The number of hydrogen-bond acceptors (Lipinski definition) is 15. The number of carbonyl (C=O) groups is 7. The van der Waals surface area contributed by atoms with E-state index in [9.17, 15) is 33.6 Å². The summed E-state index contributed by atoms with van der Waals surface area (Å²) in [7, 11) is 0. The van der Waals surface area contributed by atoms with Crippen LogP contribution in [0.2, 0.25) is 0 Å².